The third-order valence-corrected chi connectivity index (χ3v) is 1.94. The smallest absolute Gasteiger partial charge is 0.318 e. The molecular formula is C10H10N2O2. The van der Waals surface area contributed by atoms with Crippen LogP contribution < -0.4 is 10.6 Å². The molecule has 0 aliphatic heterocycles. The standard InChI is InChI=1S/C10H10N2O2/c1-11-10(13)12-8-2-3-9-7(6-8)4-5-14-9/h2-6H,1H3,(H2,11,12,13). The average molecular weight is 190 g/mol. The van der Waals surface area contributed by atoms with Crippen LogP contribution in [0.5, 0.6) is 0 Å². The number of urea groups is 1. The summed E-state index contributed by atoms with van der Waals surface area (Å²) in [5.74, 6) is 0. The van der Waals surface area contributed by atoms with Crippen LogP contribution in [-0.2, 0) is 0 Å². The molecule has 0 atom stereocenters. The van der Waals surface area contributed by atoms with Gasteiger partial charge in [-0.3, -0.25) is 0 Å². The van der Waals surface area contributed by atoms with Gasteiger partial charge in [0.1, 0.15) is 5.58 Å². The van der Waals surface area contributed by atoms with Gasteiger partial charge in [0, 0.05) is 18.1 Å². The molecule has 2 aromatic rings. The van der Waals surface area contributed by atoms with E-state index in [0.717, 1.165) is 16.7 Å². The van der Waals surface area contributed by atoms with Crippen LogP contribution >= 0.6 is 0 Å². The Balaban J connectivity index is 2.30. The zero-order valence-electron chi connectivity index (χ0n) is 7.70. The fourth-order valence-corrected chi connectivity index (χ4v) is 1.24. The summed E-state index contributed by atoms with van der Waals surface area (Å²) in [6.45, 7) is 0. The second kappa shape index (κ2) is 3.41. The predicted molar refractivity (Wildman–Crippen MR) is 54.3 cm³/mol. The largest absolute Gasteiger partial charge is 0.464 e. The fourth-order valence-electron chi connectivity index (χ4n) is 1.24. The minimum absolute atomic E-state index is 0.229. The van der Waals surface area contributed by atoms with Crippen molar-refractivity contribution in [3.05, 3.63) is 30.5 Å². The van der Waals surface area contributed by atoms with Crippen molar-refractivity contribution in [1.29, 1.82) is 0 Å². The van der Waals surface area contributed by atoms with Crippen molar-refractivity contribution in [2.75, 3.05) is 12.4 Å². The number of carbonyl (C=O) groups excluding carboxylic acids is 1. The van der Waals surface area contributed by atoms with Crippen LogP contribution in [0.25, 0.3) is 11.0 Å². The van der Waals surface area contributed by atoms with Crippen LogP contribution in [0.4, 0.5) is 10.5 Å². The molecular weight excluding hydrogens is 180 g/mol. The topological polar surface area (TPSA) is 54.3 Å². The van der Waals surface area contributed by atoms with Gasteiger partial charge in [-0.2, -0.15) is 0 Å². The van der Waals surface area contributed by atoms with Crippen LogP contribution in [0.2, 0.25) is 0 Å². The molecule has 0 bridgehead atoms. The summed E-state index contributed by atoms with van der Waals surface area (Å²) < 4.78 is 5.18. The van der Waals surface area contributed by atoms with Crippen LogP contribution in [-0.4, -0.2) is 13.1 Å². The normalized spacial score (nSPS) is 10.1. The van der Waals surface area contributed by atoms with Gasteiger partial charge in [-0.05, 0) is 24.3 Å². The summed E-state index contributed by atoms with van der Waals surface area (Å²) in [6.07, 6.45) is 1.62. The van der Waals surface area contributed by atoms with Gasteiger partial charge in [-0.15, -0.1) is 0 Å². The highest BCUT2D eigenvalue weighted by atomic mass is 16.3. The number of hydrogen-bond donors (Lipinski definition) is 2. The second-order valence-electron chi connectivity index (χ2n) is 2.88. The number of furan rings is 1. The number of hydrogen-bond acceptors (Lipinski definition) is 2. The molecule has 0 aliphatic rings. The molecule has 0 spiro atoms. The van der Waals surface area contributed by atoms with Gasteiger partial charge in [0.15, 0.2) is 0 Å². The Labute approximate surface area is 80.9 Å². The number of benzene rings is 1. The highest BCUT2D eigenvalue weighted by Gasteiger charge is 2.01. The van der Waals surface area contributed by atoms with E-state index >= 15 is 0 Å². The van der Waals surface area contributed by atoms with Crippen molar-refractivity contribution in [1.82, 2.24) is 5.32 Å². The van der Waals surface area contributed by atoms with Crippen molar-refractivity contribution in [2.24, 2.45) is 0 Å². The molecule has 1 aromatic carbocycles. The highest BCUT2D eigenvalue weighted by Crippen LogP contribution is 2.19. The first-order chi connectivity index (χ1) is 6.79. The van der Waals surface area contributed by atoms with Crippen molar-refractivity contribution in [3.63, 3.8) is 0 Å². The molecule has 0 saturated heterocycles. The molecule has 0 unspecified atom stereocenters. The van der Waals surface area contributed by atoms with E-state index in [4.69, 9.17) is 4.42 Å². The third-order valence-electron chi connectivity index (χ3n) is 1.94. The Morgan fingerprint density at radius 3 is 3.00 bits per heavy atom. The Hall–Kier alpha value is -1.97. The first-order valence-electron chi connectivity index (χ1n) is 4.25. The molecule has 0 fully saturated rings. The van der Waals surface area contributed by atoms with Crippen LogP contribution in [0, 0.1) is 0 Å². The number of amides is 2. The Kier molecular flexibility index (Phi) is 2.10. The summed E-state index contributed by atoms with van der Waals surface area (Å²) in [6, 6.07) is 7.09. The monoisotopic (exact) mass is 190 g/mol. The molecule has 4 nitrogen and oxygen atoms in total. The van der Waals surface area contributed by atoms with Crippen molar-refractivity contribution in [3.8, 4) is 0 Å². The van der Waals surface area contributed by atoms with Crippen molar-refractivity contribution >= 4 is 22.7 Å². The molecule has 4 heteroatoms. The Morgan fingerprint density at radius 1 is 1.36 bits per heavy atom. The lowest BCUT2D eigenvalue weighted by Gasteiger charge is -2.03. The van der Waals surface area contributed by atoms with Crippen LogP contribution in [0.3, 0.4) is 0 Å². The molecule has 0 radical (unpaired) electrons. The first kappa shape index (κ1) is 8.62. The van der Waals surface area contributed by atoms with Gasteiger partial charge >= 0.3 is 6.03 Å². The van der Waals surface area contributed by atoms with Gasteiger partial charge in [0.2, 0.25) is 0 Å². The molecule has 1 aromatic heterocycles. The summed E-state index contributed by atoms with van der Waals surface area (Å²) >= 11 is 0. The van der Waals surface area contributed by atoms with E-state index in [-0.39, 0.29) is 6.03 Å². The number of nitrogens with one attached hydrogen (secondary N) is 2. The first-order valence-corrected chi connectivity index (χ1v) is 4.25. The van der Waals surface area contributed by atoms with E-state index in [1.807, 2.05) is 18.2 Å². The molecule has 2 amide bonds. The highest BCUT2D eigenvalue weighted by molar-refractivity contribution is 5.92. The SMILES string of the molecule is CNC(=O)Nc1ccc2occc2c1. The fraction of sp³-hybridized carbons (Fsp3) is 0.100. The number of fused-ring (bicyclic) bond motifs is 1. The number of anilines is 1. The second-order valence-corrected chi connectivity index (χ2v) is 2.88. The van der Waals surface area contributed by atoms with Crippen molar-refractivity contribution in [2.45, 2.75) is 0 Å². The average Bonchev–Trinajstić information content (AvgIpc) is 2.64. The lowest BCUT2D eigenvalue weighted by molar-refractivity contribution is 0.254. The molecule has 72 valence electrons. The maximum absolute atomic E-state index is 11.0. The van der Waals surface area contributed by atoms with Gasteiger partial charge in [0.05, 0.1) is 6.26 Å². The minimum atomic E-state index is -0.229. The van der Waals surface area contributed by atoms with E-state index in [2.05, 4.69) is 10.6 Å². The summed E-state index contributed by atoms with van der Waals surface area (Å²) in [4.78, 5) is 11.0. The zero-order chi connectivity index (χ0) is 9.97. The van der Waals surface area contributed by atoms with Crippen molar-refractivity contribution < 1.29 is 9.21 Å². The lowest BCUT2D eigenvalue weighted by Crippen LogP contribution is -2.24. The molecule has 1 heterocycles. The molecule has 14 heavy (non-hydrogen) atoms. The molecule has 2 N–H and O–H groups in total. The van der Waals surface area contributed by atoms with Crippen LogP contribution in [0.15, 0.2) is 34.9 Å². The van der Waals surface area contributed by atoms with Gasteiger partial charge in [-0.25, -0.2) is 4.79 Å². The van der Waals surface area contributed by atoms with E-state index in [1.54, 1.807) is 19.4 Å². The van der Waals surface area contributed by atoms with Gasteiger partial charge in [-0.1, -0.05) is 0 Å². The van der Waals surface area contributed by atoms with Gasteiger partial charge in [0.25, 0.3) is 0 Å². The predicted octanol–water partition coefficient (Wildman–Crippen LogP) is 2.18. The molecule has 0 aliphatic carbocycles. The van der Waals surface area contributed by atoms with E-state index < -0.39 is 0 Å². The third kappa shape index (κ3) is 1.54. The minimum Gasteiger partial charge on any atom is -0.464 e. The maximum Gasteiger partial charge on any atom is 0.318 e. The van der Waals surface area contributed by atoms with E-state index in [9.17, 15) is 4.79 Å². The summed E-state index contributed by atoms with van der Waals surface area (Å²) in [5.41, 5.74) is 1.56. The summed E-state index contributed by atoms with van der Waals surface area (Å²) in [7, 11) is 1.58. The molecule has 2 rings (SSSR count). The quantitative estimate of drug-likeness (QED) is 0.724. The van der Waals surface area contributed by atoms with Gasteiger partial charge < -0.3 is 15.1 Å². The van der Waals surface area contributed by atoms with Crippen LogP contribution in [0.1, 0.15) is 0 Å². The zero-order valence-corrected chi connectivity index (χ0v) is 7.70. The number of carbonyl (C=O) groups is 1. The number of rotatable bonds is 1. The molecule has 0 saturated carbocycles. The maximum atomic E-state index is 11.0. The lowest BCUT2D eigenvalue weighted by atomic mass is 10.2. The van der Waals surface area contributed by atoms with E-state index in [1.165, 1.54) is 0 Å². The Morgan fingerprint density at radius 2 is 2.21 bits per heavy atom. The van der Waals surface area contributed by atoms with E-state index in [0.29, 0.717) is 0 Å². The Bertz CT molecular complexity index is 462. The summed E-state index contributed by atoms with van der Waals surface area (Å²) in [5, 5.41) is 6.13.